The average molecular weight is 299 g/mol. The maximum atomic E-state index is 12.1. The van der Waals surface area contributed by atoms with Crippen LogP contribution in [0.4, 0.5) is 0 Å². The average Bonchev–Trinajstić information content (AvgIpc) is 2.47. The number of amides is 1. The van der Waals surface area contributed by atoms with E-state index in [2.05, 4.69) is 15.4 Å². The Balaban J connectivity index is 0.00000200. The zero-order valence-electron chi connectivity index (χ0n) is 11.3. The van der Waals surface area contributed by atoms with Gasteiger partial charge in [-0.2, -0.15) is 0 Å². The normalized spacial score (nSPS) is 15.1. The number of nitrogens with one attached hydrogen (secondary N) is 2. The highest BCUT2D eigenvalue weighted by Crippen LogP contribution is 2.09. The van der Waals surface area contributed by atoms with Crippen LogP contribution in [0.3, 0.4) is 0 Å². The summed E-state index contributed by atoms with van der Waals surface area (Å²) < 4.78 is 4.64. The van der Waals surface area contributed by atoms with Crippen LogP contribution < -0.4 is 10.6 Å². The number of piperidine rings is 1. The van der Waals surface area contributed by atoms with Gasteiger partial charge in [-0.15, -0.1) is 12.4 Å². The van der Waals surface area contributed by atoms with Crippen LogP contribution in [0.5, 0.6) is 0 Å². The lowest BCUT2D eigenvalue weighted by Gasteiger charge is -2.23. The van der Waals surface area contributed by atoms with Gasteiger partial charge in [-0.05, 0) is 44.1 Å². The third kappa shape index (κ3) is 4.21. The lowest BCUT2D eigenvalue weighted by Crippen LogP contribution is -2.42. The van der Waals surface area contributed by atoms with E-state index in [-0.39, 0.29) is 24.4 Å². The second-order valence-corrected chi connectivity index (χ2v) is 4.57. The molecule has 1 saturated heterocycles. The Morgan fingerprint density at radius 1 is 1.25 bits per heavy atom. The number of hydrogen-bond donors (Lipinski definition) is 2. The molecule has 1 aliphatic rings. The standard InChI is InChI=1S/C14H18N2O3.ClH/c1-19-14(18)11-4-2-3-10(9-11)13(17)16-12-5-7-15-8-6-12;/h2-4,9,12,15H,5-8H2,1H3,(H,16,17);1H. The molecule has 20 heavy (non-hydrogen) atoms. The Morgan fingerprint density at radius 3 is 2.55 bits per heavy atom. The minimum atomic E-state index is -0.434. The van der Waals surface area contributed by atoms with Crippen LogP contribution in [0, 0.1) is 0 Å². The van der Waals surface area contributed by atoms with Crippen molar-refractivity contribution in [3.63, 3.8) is 0 Å². The van der Waals surface area contributed by atoms with E-state index in [1.54, 1.807) is 24.3 Å². The highest BCUT2D eigenvalue weighted by molar-refractivity contribution is 5.98. The molecule has 2 N–H and O–H groups in total. The minimum Gasteiger partial charge on any atom is -0.465 e. The topological polar surface area (TPSA) is 67.4 Å². The Hall–Kier alpha value is -1.59. The number of rotatable bonds is 3. The molecule has 0 radical (unpaired) electrons. The number of benzene rings is 1. The van der Waals surface area contributed by atoms with Gasteiger partial charge in [0.15, 0.2) is 0 Å². The molecule has 1 heterocycles. The summed E-state index contributed by atoms with van der Waals surface area (Å²) >= 11 is 0. The van der Waals surface area contributed by atoms with Gasteiger partial charge in [0.2, 0.25) is 0 Å². The van der Waals surface area contributed by atoms with Gasteiger partial charge in [-0.25, -0.2) is 4.79 Å². The van der Waals surface area contributed by atoms with Crippen LogP contribution in [0.2, 0.25) is 0 Å². The van der Waals surface area contributed by atoms with E-state index in [0.717, 1.165) is 25.9 Å². The first-order valence-corrected chi connectivity index (χ1v) is 6.40. The summed E-state index contributed by atoms with van der Waals surface area (Å²) in [7, 11) is 1.32. The van der Waals surface area contributed by atoms with Gasteiger partial charge in [0, 0.05) is 11.6 Å². The number of hydrogen-bond acceptors (Lipinski definition) is 4. The van der Waals surface area contributed by atoms with E-state index in [0.29, 0.717) is 11.1 Å². The number of halogens is 1. The van der Waals surface area contributed by atoms with Crippen molar-refractivity contribution in [2.24, 2.45) is 0 Å². The molecule has 0 aromatic heterocycles. The predicted octanol–water partition coefficient (Wildman–Crippen LogP) is 1.38. The molecule has 0 spiro atoms. The molecule has 0 unspecified atom stereocenters. The van der Waals surface area contributed by atoms with Crippen molar-refractivity contribution < 1.29 is 14.3 Å². The first kappa shape index (κ1) is 16.5. The zero-order chi connectivity index (χ0) is 13.7. The predicted molar refractivity (Wildman–Crippen MR) is 78.4 cm³/mol. The van der Waals surface area contributed by atoms with Crippen LogP contribution in [-0.2, 0) is 4.74 Å². The number of carbonyl (C=O) groups is 2. The Kier molecular flexibility index (Phi) is 6.48. The van der Waals surface area contributed by atoms with Gasteiger partial charge in [0.25, 0.3) is 5.91 Å². The zero-order valence-corrected chi connectivity index (χ0v) is 12.2. The molecule has 1 aromatic carbocycles. The number of ether oxygens (including phenoxy) is 1. The Labute approximate surface area is 124 Å². The van der Waals surface area contributed by atoms with E-state index in [4.69, 9.17) is 0 Å². The monoisotopic (exact) mass is 298 g/mol. The lowest BCUT2D eigenvalue weighted by molar-refractivity contribution is 0.0600. The first-order valence-electron chi connectivity index (χ1n) is 6.40. The highest BCUT2D eigenvalue weighted by Gasteiger charge is 2.17. The van der Waals surface area contributed by atoms with Crippen molar-refractivity contribution in [2.75, 3.05) is 20.2 Å². The van der Waals surface area contributed by atoms with Crippen LogP contribution in [0.1, 0.15) is 33.6 Å². The summed E-state index contributed by atoms with van der Waals surface area (Å²) in [5, 5.41) is 6.24. The smallest absolute Gasteiger partial charge is 0.337 e. The molecule has 1 amide bonds. The SMILES string of the molecule is COC(=O)c1cccc(C(=O)NC2CCNCC2)c1.Cl. The van der Waals surface area contributed by atoms with Crippen molar-refractivity contribution in [2.45, 2.75) is 18.9 Å². The van der Waals surface area contributed by atoms with E-state index < -0.39 is 5.97 Å². The highest BCUT2D eigenvalue weighted by atomic mass is 35.5. The van der Waals surface area contributed by atoms with Crippen molar-refractivity contribution in [1.82, 2.24) is 10.6 Å². The van der Waals surface area contributed by atoms with Gasteiger partial charge in [-0.3, -0.25) is 4.79 Å². The molecule has 0 bridgehead atoms. The van der Waals surface area contributed by atoms with Gasteiger partial charge < -0.3 is 15.4 Å². The quantitative estimate of drug-likeness (QED) is 0.827. The summed E-state index contributed by atoms with van der Waals surface area (Å²) in [5.41, 5.74) is 0.877. The maximum Gasteiger partial charge on any atom is 0.337 e. The fourth-order valence-corrected chi connectivity index (χ4v) is 2.14. The minimum absolute atomic E-state index is 0. The summed E-state index contributed by atoms with van der Waals surface area (Å²) in [5.74, 6) is -0.575. The van der Waals surface area contributed by atoms with Crippen molar-refractivity contribution in [3.05, 3.63) is 35.4 Å². The van der Waals surface area contributed by atoms with Gasteiger partial charge in [0.1, 0.15) is 0 Å². The molecular weight excluding hydrogens is 280 g/mol. The number of esters is 1. The Bertz CT molecular complexity index is 473. The van der Waals surface area contributed by atoms with Crippen molar-refractivity contribution >= 4 is 24.3 Å². The van der Waals surface area contributed by atoms with E-state index in [1.807, 2.05) is 0 Å². The van der Waals surface area contributed by atoms with Gasteiger partial charge in [-0.1, -0.05) is 6.07 Å². The van der Waals surface area contributed by atoms with Crippen LogP contribution >= 0.6 is 12.4 Å². The third-order valence-corrected chi connectivity index (χ3v) is 3.22. The summed E-state index contributed by atoms with van der Waals surface area (Å²) in [6.07, 6.45) is 1.87. The molecule has 6 heteroatoms. The second kappa shape index (κ2) is 7.87. The molecule has 0 atom stereocenters. The van der Waals surface area contributed by atoms with Gasteiger partial charge in [0.05, 0.1) is 12.7 Å². The maximum absolute atomic E-state index is 12.1. The van der Waals surface area contributed by atoms with Crippen molar-refractivity contribution in [3.8, 4) is 0 Å². The van der Waals surface area contributed by atoms with E-state index in [9.17, 15) is 9.59 Å². The molecule has 1 fully saturated rings. The van der Waals surface area contributed by atoms with Gasteiger partial charge >= 0.3 is 5.97 Å². The molecule has 2 rings (SSSR count). The lowest BCUT2D eigenvalue weighted by atomic mass is 10.1. The molecular formula is C14H19ClN2O3. The molecule has 110 valence electrons. The summed E-state index contributed by atoms with van der Waals surface area (Å²) in [4.78, 5) is 23.5. The first-order chi connectivity index (χ1) is 9.20. The van der Waals surface area contributed by atoms with E-state index >= 15 is 0 Å². The molecule has 0 aliphatic carbocycles. The van der Waals surface area contributed by atoms with Crippen LogP contribution in [0.15, 0.2) is 24.3 Å². The molecule has 5 nitrogen and oxygen atoms in total. The number of methoxy groups -OCH3 is 1. The third-order valence-electron chi connectivity index (χ3n) is 3.22. The molecule has 0 saturated carbocycles. The van der Waals surface area contributed by atoms with E-state index in [1.165, 1.54) is 7.11 Å². The Morgan fingerprint density at radius 2 is 1.90 bits per heavy atom. The fraction of sp³-hybridized carbons (Fsp3) is 0.429. The fourth-order valence-electron chi connectivity index (χ4n) is 2.14. The number of carbonyl (C=O) groups excluding carboxylic acids is 2. The molecule has 1 aromatic rings. The largest absolute Gasteiger partial charge is 0.465 e. The molecule has 1 aliphatic heterocycles. The van der Waals surface area contributed by atoms with Crippen molar-refractivity contribution in [1.29, 1.82) is 0 Å². The summed E-state index contributed by atoms with van der Waals surface area (Å²) in [6, 6.07) is 6.78. The second-order valence-electron chi connectivity index (χ2n) is 4.57. The van der Waals surface area contributed by atoms with Crippen LogP contribution in [0.25, 0.3) is 0 Å². The summed E-state index contributed by atoms with van der Waals surface area (Å²) in [6.45, 7) is 1.85. The van der Waals surface area contributed by atoms with Crippen LogP contribution in [-0.4, -0.2) is 38.1 Å².